The Labute approximate surface area is 117 Å². The molecule has 0 fully saturated rings. The predicted octanol–water partition coefficient (Wildman–Crippen LogP) is 1.27. The number of hydrogen-bond donors (Lipinski definition) is 1. The fourth-order valence-corrected chi connectivity index (χ4v) is 2.08. The summed E-state index contributed by atoms with van der Waals surface area (Å²) in [6.45, 7) is 12.9. The first-order valence-corrected chi connectivity index (χ1v) is 7.07. The van der Waals surface area contributed by atoms with Gasteiger partial charge in [0.05, 0.1) is 13.2 Å². The molecule has 0 aromatic carbocycles. The molecule has 0 aromatic heterocycles. The SMILES string of the molecule is CCOCCN(C)CC(C)(NC(C)C)C(=O)OCC. The van der Waals surface area contributed by atoms with Crippen LogP contribution in [0.5, 0.6) is 0 Å². The van der Waals surface area contributed by atoms with Gasteiger partial charge in [-0.15, -0.1) is 0 Å². The van der Waals surface area contributed by atoms with Crippen molar-refractivity contribution in [1.29, 1.82) is 0 Å². The fourth-order valence-electron chi connectivity index (χ4n) is 2.08. The van der Waals surface area contributed by atoms with Crippen molar-refractivity contribution < 1.29 is 14.3 Å². The van der Waals surface area contributed by atoms with Crippen molar-refractivity contribution in [2.75, 3.05) is 40.0 Å². The van der Waals surface area contributed by atoms with E-state index in [1.54, 1.807) is 0 Å². The molecule has 0 aromatic rings. The van der Waals surface area contributed by atoms with Gasteiger partial charge in [0.25, 0.3) is 0 Å². The number of carbonyl (C=O) groups excluding carboxylic acids is 1. The number of ether oxygens (including phenoxy) is 2. The third kappa shape index (κ3) is 7.50. The zero-order chi connectivity index (χ0) is 14.9. The smallest absolute Gasteiger partial charge is 0.327 e. The number of likely N-dealkylation sites (N-methyl/N-ethyl adjacent to an activating group) is 1. The van der Waals surface area contributed by atoms with E-state index in [4.69, 9.17) is 9.47 Å². The molecule has 0 bridgehead atoms. The molecule has 0 amide bonds. The molecule has 0 saturated heterocycles. The zero-order valence-electron chi connectivity index (χ0n) is 13.3. The molecular weight excluding hydrogens is 244 g/mol. The number of carbonyl (C=O) groups is 1. The third-order valence-corrected chi connectivity index (χ3v) is 2.74. The van der Waals surface area contributed by atoms with Crippen LogP contribution >= 0.6 is 0 Å². The summed E-state index contributed by atoms with van der Waals surface area (Å²) in [5.74, 6) is -0.202. The van der Waals surface area contributed by atoms with Gasteiger partial charge in [-0.2, -0.15) is 0 Å². The molecule has 0 aliphatic carbocycles. The van der Waals surface area contributed by atoms with Gasteiger partial charge in [-0.3, -0.25) is 10.1 Å². The van der Waals surface area contributed by atoms with E-state index in [2.05, 4.69) is 10.2 Å². The minimum Gasteiger partial charge on any atom is -0.465 e. The van der Waals surface area contributed by atoms with Crippen molar-refractivity contribution in [3.63, 3.8) is 0 Å². The summed E-state index contributed by atoms with van der Waals surface area (Å²) in [5, 5.41) is 3.31. The second kappa shape index (κ2) is 9.28. The molecule has 1 atom stereocenters. The van der Waals surface area contributed by atoms with Crippen molar-refractivity contribution >= 4 is 5.97 Å². The highest BCUT2D eigenvalue weighted by Crippen LogP contribution is 2.10. The number of nitrogens with zero attached hydrogens (tertiary/aromatic N) is 1. The maximum absolute atomic E-state index is 12.1. The summed E-state index contributed by atoms with van der Waals surface area (Å²) in [4.78, 5) is 14.2. The largest absolute Gasteiger partial charge is 0.465 e. The summed E-state index contributed by atoms with van der Waals surface area (Å²) < 4.78 is 10.5. The Morgan fingerprint density at radius 3 is 2.42 bits per heavy atom. The quantitative estimate of drug-likeness (QED) is 0.480. The van der Waals surface area contributed by atoms with Crippen LogP contribution in [0.25, 0.3) is 0 Å². The van der Waals surface area contributed by atoms with Gasteiger partial charge < -0.3 is 14.4 Å². The molecule has 0 aliphatic rings. The summed E-state index contributed by atoms with van der Waals surface area (Å²) >= 11 is 0. The fraction of sp³-hybridized carbons (Fsp3) is 0.929. The third-order valence-electron chi connectivity index (χ3n) is 2.74. The topological polar surface area (TPSA) is 50.8 Å². The van der Waals surface area contributed by atoms with E-state index in [1.165, 1.54) is 0 Å². The molecular formula is C14H30N2O3. The molecule has 0 aliphatic heterocycles. The number of rotatable bonds is 10. The van der Waals surface area contributed by atoms with Crippen molar-refractivity contribution in [2.45, 2.75) is 46.2 Å². The maximum Gasteiger partial charge on any atom is 0.327 e. The predicted molar refractivity (Wildman–Crippen MR) is 77.3 cm³/mol. The standard InChI is InChI=1S/C14H30N2O3/c1-7-18-10-9-16(6)11-14(5,15-12(3)4)13(17)19-8-2/h12,15H,7-11H2,1-6H3. The molecule has 0 heterocycles. The van der Waals surface area contributed by atoms with E-state index in [0.717, 1.165) is 6.54 Å². The summed E-state index contributed by atoms with van der Waals surface area (Å²) in [5.41, 5.74) is -0.689. The van der Waals surface area contributed by atoms with E-state index in [9.17, 15) is 4.79 Å². The van der Waals surface area contributed by atoms with Crippen LogP contribution in [-0.2, 0) is 14.3 Å². The maximum atomic E-state index is 12.1. The van der Waals surface area contributed by atoms with Crippen LogP contribution in [0.3, 0.4) is 0 Å². The van der Waals surface area contributed by atoms with E-state index in [-0.39, 0.29) is 12.0 Å². The summed E-state index contributed by atoms with van der Waals surface area (Å²) in [6.07, 6.45) is 0. The Hall–Kier alpha value is -0.650. The zero-order valence-corrected chi connectivity index (χ0v) is 13.3. The normalized spacial score (nSPS) is 14.7. The molecule has 5 nitrogen and oxygen atoms in total. The minimum atomic E-state index is -0.689. The Morgan fingerprint density at radius 2 is 1.95 bits per heavy atom. The van der Waals surface area contributed by atoms with Crippen LogP contribution in [-0.4, -0.2) is 62.4 Å². The Kier molecular flexibility index (Phi) is 8.97. The van der Waals surface area contributed by atoms with Crippen molar-refractivity contribution in [1.82, 2.24) is 10.2 Å². The van der Waals surface area contributed by atoms with E-state index in [0.29, 0.717) is 26.4 Å². The van der Waals surface area contributed by atoms with Crippen molar-refractivity contribution in [3.05, 3.63) is 0 Å². The first-order valence-electron chi connectivity index (χ1n) is 7.07. The van der Waals surface area contributed by atoms with Crippen LogP contribution in [0, 0.1) is 0 Å². The van der Waals surface area contributed by atoms with Crippen LogP contribution in [0.4, 0.5) is 0 Å². The summed E-state index contributed by atoms with van der Waals surface area (Å²) in [6, 6.07) is 0.217. The first kappa shape index (κ1) is 18.4. The average Bonchev–Trinajstić information content (AvgIpc) is 2.28. The minimum absolute atomic E-state index is 0.202. The molecule has 5 heteroatoms. The van der Waals surface area contributed by atoms with Crippen molar-refractivity contribution in [2.24, 2.45) is 0 Å². The first-order chi connectivity index (χ1) is 8.85. The van der Waals surface area contributed by atoms with Crippen LogP contribution in [0.1, 0.15) is 34.6 Å². The lowest BCUT2D eigenvalue weighted by Crippen LogP contribution is -2.59. The molecule has 0 saturated carbocycles. The molecule has 1 N–H and O–H groups in total. The lowest BCUT2D eigenvalue weighted by molar-refractivity contribution is -0.151. The Morgan fingerprint density at radius 1 is 1.32 bits per heavy atom. The number of esters is 1. The van der Waals surface area contributed by atoms with Crippen LogP contribution in [0.15, 0.2) is 0 Å². The molecule has 0 rings (SSSR count). The lowest BCUT2D eigenvalue weighted by atomic mass is 10.0. The number of hydrogen-bond acceptors (Lipinski definition) is 5. The summed E-state index contributed by atoms with van der Waals surface area (Å²) in [7, 11) is 1.98. The lowest BCUT2D eigenvalue weighted by Gasteiger charge is -2.34. The Bertz CT molecular complexity index is 259. The van der Waals surface area contributed by atoms with E-state index in [1.807, 2.05) is 41.7 Å². The van der Waals surface area contributed by atoms with Gasteiger partial charge in [0, 0.05) is 25.7 Å². The van der Waals surface area contributed by atoms with Crippen LogP contribution < -0.4 is 5.32 Å². The van der Waals surface area contributed by atoms with Gasteiger partial charge in [-0.05, 0) is 41.7 Å². The van der Waals surface area contributed by atoms with Gasteiger partial charge >= 0.3 is 5.97 Å². The van der Waals surface area contributed by atoms with Gasteiger partial charge in [0.15, 0.2) is 0 Å². The monoisotopic (exact) mass is 274 g/mol. The number of nitrogens with one attached hydrogen (secondary N) is 1. The van der Waals surface area contributed by atoms with Crippen LogP contribution in [0.2, 0.25) is 0 Å². The second-order valence-corrected chi connectivity index (χ2v) is 5.29. The molecule has 19 heavy (non-hydrogen) atoms. The average molecular weight is 274 g/mol. The van der Waals surface area contributed by atoms with Gasteiger partial charge in [-0.1, -0.05) is 0 Å². The molecule has 114 valence electrons. The van der Waals surface area contributed by atoms with Gasteiger partial charge in [0.2, 0.25) is 0 Å². The van der Waals surface area contributed by atoms with Gasteiger partial charge in [-0.25, -0.2) is 0 Å². The van der Waals surface area contributed by atoms with Gasteiger partial charge in [0.1, 0.15) is 5.54 Å². The molecule has 0 spiro atoms. The molecule has 0 radical (unpaired) electrons. The second-order valence-electron chi connectivity index (χ2n) is 5.29. The highest BCUT2D eigenvalue weighted by molar-refractivity contribution is 5.80. The Balaban J connectivity index is 4.52. The highest BCUT2D eigenvalue weighted by Gasteiger charge is 2.36. The molecule has 1 unspecified atom stereocenters. The van der Waals surface area contributed by atoms with E-state index < -0.39 is 5.54 Å². The van der Waals surface area contributed by atoms with Crippen molar-refractivity contribution in [3.8, 4) is 0 Å². The van der Waals surface area contributed by atoms with E-state index >= 15 is 0 Å². The highest BCUT2D eigenvalue weighted by atomic mass is 16.5.